The van der Waals surface area contributed by atoms with Gasteiger partial charge in [-0.2, -0.15) is 0 Å². The molecule has 0 saturated heterocycles. The second-order valence-electron chi connectivity index (χ2n) is 4.18. The van der Waals surface area contributed by atoms with Crippen LogP contribution in [0.25, 0.3) is 22.3 Å². The zero-order chi connectivity index (χ0) is 12.4. The van der Waals surface area contributed by atoms with Gasteiger partial charge in [0.25, 0.3) is 0 Å². The summed E-state index contributed by atoms with van der Waals surface area (Å²) in [6.07, 6.45) is 1.78. The number of hydrogen-bond acceptors (Lipinski definition) is 1. The fraction of sp³-hybridized carbons (Fsp3) is 0. The molecular formula is C17H13O. The van der Waals surface area contributed by atoms with Gasteiger partial charge in [-0.1, -0.05) is 60.7 Å². The van der Waals surface area contributed by atoms with Crippen LogP contribution >= 0.6 is 0 Å². The van der Waals surface area contributed by atoms with E-state index in [2.05, 4.69) is 31.2 Å². The van der Waals surface area contributed by atoms with Crippen molar-refractivity contribution in [2.45, 2.75) is 0 Å². The third kappa shape index (κ3) is 1.84. The Labute approximate surface area is 107 Å². The van der Waals surface area contributed by atoms with Gasteiger partial charge in [-0.25, -0.2) is 0 Å². The summed E-state index contributed by atoms with van der Waals surface area (Å²) in [5, 5.41) is 0. The predicted octanol–water partition coefficient (Wildman–Crippen LogP) is 4.80. The Kier molecular flexibility index (Phi) is 2.73. The van der Waals surface area contributed by atoms with Crippen molar-refractivity contribution in [3.05, 3.63) is 79.6 Å². The van der Waals surface area contributed by atoms with E-state index in [1.54, 1.807) is 6.26 Å². The average Bonchev–Trinajstić information content (AvgIpc) is 2.83. The Hall–Kier alpha value is -2.28. The zero-order valence-electron chi connectivity index (χ0n) is 9.97. The molecule has 0 saturated carbocycles. The van der Waals surface area contributed by atoms with Crippen LogP contribution < -0.4 is 0 Å². The molecule has 0 fully saturated rings. The summed E-state index contributed by atoms with van der Waals surface area (Å²) in [6.45, 7) is 3.98. The fourth-order valence-electron chi connectivity index (χ4n) is 2.15. The van der Waals surface area contributed by atoms with Gasteiger partial charge in [0.2, 0.25) is 0 Å². The van der Waals surface area contributed by atoms with Crippen LogP contribution in [0.2, 0.25) is 0 Å². The largest absolute Gasteiger partial charge is 0.468 e. The molecule has 1 heterocycles. The molecule has 0 unspecified atom stereocenters. The van der Waals surface area contributed by atoms with Crippen LogP contribution in [0.4, 0.5) is 0 Å². The molecule has 0 bridgehead atoms. The van der Waals surface area contributed by atoms with Gasteiger partial charge >= 0.3 is 0 Å². The van der Waals surface area contributed by atoms with Gasteiger partial charge in [0.05, 0.1) is 6.26 Å². The summed E-state index contributed by atoms with van der Waals surface area (Å²) in [7, 11) is 0. The maximum atomic E-state index is 5.49. The van der Waals surface area contributed by atoms with Crippen molar-refractivity contribution in [3.63, 3.8) is 0 Å². The van der Waals surface area contributed by atoms with Gasteiger partial charge < -0.3 is 4.42 Å². The molecule has 0 aliphatic carbocycles. The van der Waals surface area contributed by atoms with Crippen LogP contribution in [0.5, 0.6) is 0 Å². The van der Waals surface area contributed by atoms with Crippen LogP contribution in [0, 0.1) is 6.92 Å². The maximum Gasteiger partial charge on any atom is 0.112 e. The molecular weight excluding hydrogens is 220 g/mol. The SMILES string of the molecule is [CH2]c1occ(-c2ccccc2)c1-c1ccccc1. The lowest BCUT2D eigenvalue weighted by Gasteiger charge is -2.04. The molecule has 0 atom stereocenters. The van der Waals surface area contributed by atoms with Crippen LogP contribution in [0.3, 0.4) is 0 Å². The Morgan fingerprint density at radius 2 is 1.28 bits per heavy atom. The summed E-state index contributed by atoms with van der Waals surface area (Å²) in [6, 6.07) is 20.4. The van der Waals surface area contributed by atoms with E-state index < -0.39 is 0 Å². The molecule has 0 amide bonds. The molecule has 3 aromatic rings. The molecule has 87 valence electrons. The van der Waals surface area contributed by atoms with Crippen LogP contribution in [0.15, 0.2) is 71.3 Å². The molecule has 0 aliphatic rings. The first-order chi connectivity index (χ1) is 8.86. The van der Waals surface area contributed by atoms with Crippen molar-refractivity contribution < 1.29 is 4.42 Å². The maximum absolute atomic E-state index is 5.49. The fourth-order valence-corrected chi connectivity index (χ4v) is 2.15. The van der Waals surface area contributed by atoms with E-state index in [9.17, 15) is 0 Å². The van der Waals surface area contributed by atoms with Crippen molar-refractivity contribution in [2.75, 3.05) is 0 Å². The molecule has 3 rings (SSSR count). The highest BCUT2D eigenvalue weighted by Crippen LogP contribution is 2.35. The highest BCUT2D eigenvalue weighted by Gasteiger charge is 2.13. The van der Waals surface area contributed by atoms with E-state index in [0.717, 1.165) is 22.3 Å². The van der Waals surface area contributed by atoms with Gasteiger partial charge in [-0.15, -0.1) is 0 Å². The Balaban J connectivity index is 2.19. The van der Waals surface area contributed by atoms with Crippen LogP contribution in [0.1, 0.15) is 5.76 Å². The van der Waals surface area contributed by atoms with Crippen molar-refractivity contribution in [1.29, 1.82) is 0 Å². The quantitative estimate of drug-likeness (QED) is 0.620. The molecule has 0 N–H and O–H groups in total. The normalized spacial score (nSPS) is 10.5. The van der Waals surface area contributed by atoms with Gasteiger partial charge in [-0.3, -0.25) is 0 Å². The van der Waals surface area contributed by atoms with Crippen molar-refractivity contribution in [1.82, 2.24) is 0 Å². The molecule has 0 spiro atoms. The Bertz CT molecular complexity index is 636. The first-order valence-electron chi connectivity index (χ1n) is 5.90. The van der Waals surface area contributed by atoms with Crippen molar-refractivity contribution in [2.24, 2.45) is 0 Å². The molecule has 1 aromatic heterocycles. The lowest BCUT2D eigenvalue weighted by Crippen LogP contribution is -1.81. The number of furan rings is 1. The van der Waals surface area contributed by atoms with Gasteiger partial charge in [-0.05, 0) is 11.1 Å². The van der Waals surface area contributed by atoms with Crippen molar-refractivity contribution >= 4 is 0 Å². The second-order valence-corrected chi connectivity index (χ2v) is 4.18. The minimum absolute atomic E-state index is 0.708. The summed E-state index contributed by atoms with van der Waals surface area (Å²) in [5.74, 6) is 0.708. The van der Waals surface area contributed by atoms with Crippen LogP contribution in [-0.2, 0) is 0 Å². The molecule has 1 radical (unpaired) electrons. The third-order valence-corrected chi connectivity index (χ3v) is 3.01. The van der Waals surface area contributed by atoms with E-state index in [1.165, 1.54) is 0 Å². The number of rotatable bonds is 2. The standard InChI is InChI=1S/C17H13O/c1-13-17(15-10-6-3-7-11-15)16(12-18-13)14-8-4-2-5-9-14/h2-12H,1H2. The van der Waals surface area contributed by atoms with E-state index in [4.69, 9.17) is 4.42 Å². The predicted molar refractivity (Wildman–Crippen MR) is 74.0 cm³/mol. The highest BCUT2D eigenvalue weighted by molar-refractivity contribution is 5.84. The number of benzene rings is 2. The lowest BCUT2D eigenvalue weighted by molar-refractivity contribution is 0.550. The van der Waals surface area contributed by atoms with Gasteiger partial charge in [0, 0.05) is 18.1 Å². The minimum atomic E-state index is 0.708. The molecule has 1 nitrogen and oxygen atoms in total. The van der Waals surface area contributed by atoms with E-state index >= 15 is 0 Å². The zero-order valence-corrected chi connectivity index (χ0v) is 9.97. The number of hydrogen-bond donors (Lipinski definition) is 0. The van der Waals surface area contributed by atoms with E-state index in [0.29, 0.717) is 5.76 Å². The van der Waals surface area contributed by atoms with E-state index in [-0.39, 0.29) is 0 Å². The summed E-state index contributed by atoms with van der Waals surface area (Å²) >= 11 is 0. The van der Waals surface area contributed by atoms with E-state index in [1.807, 2.05) is 36.4 Å². The smallest absolute Gasteiger partial charge is 0.112 e. The van der Waals surface area contributed by atoms with Gasteiger partial charge in [0.15, 0.2) is 0 Å². The monoisotopic (exact) mass is 233 g/mol. The molecule has 18 heavy (non-hydrogen) atoms. The van der Waals surface area contributed by atoms with Crippen LogP contribution in [-0.4, -0.2) is 0 Å². The third-order valence-electron chi connectivity index (χ3n) is 3.01. The Morgan fingerprint density at radius 1 is 0.722 bits per heavy atom. The van der Waals surface area contributed by atoms with Gasteiger partial charge in [0.1, 0.15) is 5.76 Å². The summed E-state index contributed by atoms with van der Waals surface area (Å²) in [4.78, 5) is 0. The topological polar surface area (TPSA) is 13.1 Å². The molecule has 0 aliphatic heterocycles. The Morgan fingerprint density at radius 3 is 1.89 bits per heavy atom. The molecule has 2 aromatic carbocycles. The second kappa shape index (κ2) is 4.53. The highest BCUT2D eigenvalue weighted by atomic mass is 16.3. The lowest BCUT2D eigenvalue weighted by atomic mass is 9.97. The van der Waals surface area contributed by atoms with Crippen molar-refractivity contribution in [3.8, 4) is 22.3 Å². The average molecular weight is 233 g/mol. The molecule has 1 heteroatoms. The first-order valence-corrected chi connectivity index (χ1v) is 5.90. The minimum Gasteiger partial charge on any atom is -0.468 e. The summed E-state index contributed by atoms with van der Waals surface area (Å²) < 4.78 is 5.49. The first kappa shape index (κ1) is 10.8. The summed E-state index contributed by atoms with van der Waals surface area (Å²) in [5.41, 5.74) is 4.44.